The Morgan fingerprint density at radius 2 is 1.86 bits per heavy atom. The third-order valence-electron chi connectivity index (χ3n) is 4.65. The molecular weight excluding hydrogens is 366 g/mol. The molecule has 0 fully saturated rings. The zero-order chi connectivity index (χ0) is 20.2. The van der Waals surface area contributed by atoms with Gasteiger partial charge in [-0.2, -0.15) is 0 Å². The lowest BCUT2D eigenvalue weighted by atomic mass is 10.0. The van der Waals surface area contributed by atoms with Crippen LogP contribution in [0.4, 0.5) is 5.69 Å². The average Bonchev–Trinajstić information content (AvgIpc) is 3.25. The first-order valence-electron chi connectivity index (χ1n) is 9.25. The Morgan fingerprint density at radius 1 is 1.03 bits per heavy atom. The molecule has 4 rings (SSSR count). The van der Waals surface area contributed by atoms with Gasteiger partial charge in [0.2, 0.25) is 6.10 Å². The third kappa shape index (κ3) is 4.21. The molecule has 144 valence electrons. The minimum Gasteiger partial charge on any atom is -0.382 e. The molecule has 2 aromatic carbocycles. The van der Waals surface area contributed by atoms with Gasteiger partial charge in [0.1, 0.15) is 0 Å². The van der Waals surface area contributed by atoms with Gasteiger partial charge in [-0.1, -0.05) is 28.9 Å². The molecule has 1 atom stereocenters. The van der Waals surface area contributed by atoms with Crippen molar-refractivity contribution in [1.82, 2.24) is 4.98 Å². The van der Waals surface area contributed by atoms with Crippen LogP contribution in [0.1, 0.15) is 33.5 Å². The number of rotatable bonds is 5. The highest BCUT2D eigenvalue weighted by atomic mass is 16.6. The van der Waals surface area contributed by atoms with Gasteiger partial charge in [-0.15, -0.1) is 0 Å². The number of oxime groups is 1. The van der Waals surface area contributed by atoms with Gasteiger partial charge < -0.3 is 10.2 Å². The Kier molecular flexibility index (Phi) is 5.16. The molecule has 1 amide bonds. The predicted octanol–water partition coefficient (Wildman–Crippen LogP) is 3.75. The first-order chi connectivity index (χ1) is 14.1. The van der Waals surface area contributed by atoms with Gasteiger partial charge in [-0.05, 0) is 49.4 Å². The summed E-state index contributed by atoms with van der Waals surface area (Å²) in [6.07, 6.45) is 3.05. The number of benzene rings is 2. The molecule has 1 aliphatic heterocycles. The number of aromatic nitrogens is 1. The lowest BCUT2D eigenvalue weighted by Gasteiger charge is -2.10. The highest BCUT2D eigenvalue weighted by Crippen LogP contribution is 2.19. The van der Waals surface area contributed by atoms with Crippen LogP contribution in [0.5, 0.6) is 0 Å². The molecule has 1 aliphatic rings. The molecule has 0 saturated heterocycles. The molecule has 0 aliphatic carbocycles. The van der Waals surface area contributed by atoms with Crippen LogP contribution in [-0.4, -0.2) is 28.5 Å². The molecule has 0 spiro atoms. The zero-order valence-electron chi connectivity index (χ0n) is 15.8. The second-order valence-corrected chi connectivity index (χ2v) is 6.84. The van der Waals surface area contributed by atoms with Gasteiger partial charge >= 0.3 is 0 Å². The molecule has 3 aromatic rings. The highest BCUT2D eigenvalue weighted by molar-refractivity contribution is 6.09. The lowest BCUT2D eigenvalue weighted by molar-refractivity contribution is -0.125. The van der Waals surface area contributed by atoms with E-state index in [-0.39, 0.29) is 11.7 Å². The van der Waals surface area contributed by atoms with Crippen molar-refractivity contribution < 1.29 is 14.4 Å². The van der Waals surface area contributed by atoms with Crippen LogP contribution in [0.15, 0.2) is 78.2 Å². The van der Waals surface area contributed by atoms with E-state index in [4.69, 9.17) is 4.84 Å². The third-order valence-corrected chi connectivity index (χ3v) is 4.65. The van der Waals surface area contributed by atoms with Crippen LogP contribution in [-0.2, 0) is 9.63 Å². The van der Waals surface area contributed by atoms with Crippen molar-refractivity contribution >= 4 is 23.1 Å². The molecular formula is C23H19N3O3. The monoisotopic (exact) mass is 385 g/mol. The van der Waals surface area contributed by atoms with E-state index in [2.05, 4.69) is 15.5 Å². The summed E-state index contributed by atoms with van der Waals surface area (Å²) >= 11 is 0. The van der Waals surface area contributed by atoms with Gasteiger partial charge in [0.25, 0.3) is 5.91 Å². The number of pyridine rings is 1. The number of nitrogens with zero attached hydrogens (tertiary/aromatic N) is 2. The standard InChI is InChI=1S/C23H19N3O3/c1-15-4-2-5-17(12-15)22(27)16-7-9-19(10-8-16)25-23(28)21-13-20(26-29-21)18-6-3-11-24-14-18/h2-12,14,21H,13H2,1H3,(H,25,28). The van der Waals surface area contributed by atoms with Crippen molar-refractivity contribution in [2.75, 3.05) is 5.32 Å². The van der Waals surface area contributed by atoms with Gasteiger partial charge in [0, 0.05) is 41.2 Å². The number of amides is 1. The Morgan fingerprint density at radius 3 is 2.59 bits per heavy atom. The molecule has 0 saturated carbocycles. The Bertz CT molecular complexity index is 1080. The fraction of sp³-hybridized carbons (Fsp3) is 0.130. The lowest BCUT2D eigenvalue weighted by Crippen LogP contribution is -2.28. The number of carbonyl (C=O) groups is 2. The summed E-state index contributed by atoms with van der Waals surface area (Å²) in [6, 6.07) is 18.0. The van der Waals surface area contributed by atoms with Crippen LogP contribution in [0.3, 0.4) is 0 Å². The van der Waals surface area contributed by atoms with E-state index in [1.165, 1.54) is 0 Å². The zero-order valence-corrected chi connectivity index (χ0v) is 15.8. The SMILES string of the molecule is Cc1cccc(C(=O)c2ccc(NC(=O)C3CC(c4cccnc4)=NO3)cc2)c1. The van der Waals surface area contributed by atoms with E-state index in [1.807, 2.05) is 37.3 Å². The first kappa shape index (κ1) is 18.6. The summed E-state index contributed by atoms with van der Waals surface area (Å²) in [5.74, 6) is -0.342. The first-order valence-corrected chi connectivity index (χ1v) is 9.25. The molecule has 29 heavy (non-hydrogen) atoms. The van der Waals surface area contributed by atoms with Gasteiger partial charge in [0.15, 0.2) is 5.78 Å². The van der Waals surface area contributed by atoms with Crippen LogP contribution >= 0.6 is 0 Å². The maximum absolute atomic E-state index is 12.6. The number of hydrogen-bond acceptors (Lipinski definition) is 5. The van der Waals surface area contributed by atoms with Crippen LogP contribution in [0.25, 0.3) is 0 Å². The van der Waals surface area contributed by atoms with Crippen molar-refractivity contribution in [3.8, 4) is 0 Å². The van der Waals surface area contributed by atoms with Crippen molar-refractivity contribution in [2.24, 2.45) is 5.16 Å². The van der Waals surface area contributed by atoms with Crippen molar-refractivity contribution in [2.45, 2.75) is 19.4 Å². The maximum Gasteiger partial charge on any atom is 0.268 e. The smallest absolute Gasteiger partial charge is 0.268 e. The van der Waals surface area contributed by atoms with Crippen molar-refractivity contribution in [1.29, 1.82) is 0 Å². The Balaban J connectivity index is 1.38. The van der Waals surface area contributed by atoms with E-state index in [9.17, 15) is 9.59 Å². The topological polar surface area (TPSA) is 80.7 Å². The van der Waals surface area contributed by atoms with E-state index in [0.717, 1.165) is 11.1 Å². The number of ketones is 1. The minimum absolute atomic E-state index is 0.0554. The van der Waals surface area contributed by atoms with E-state index >= 15 is 0 Å². The fourth-order valence-electron chi connectivity index (χ4n) is 3.10. The highest BCUT2D eigenvalue weighted by Gasteiger charge is 2.29. The van der Waals surface area contributed by atoms with Gasteiger partial charge in [-0.3, -0.25) is 14.6 Å². The van der Waals surface area contributed by atoms with Crippen molar-refractivity contribution in [3.05, 3.63) is 95.3 Å². The summed E-state index contributed by atoms with van der Waals surface area (Å²) in [6.45, 7) is 1.95. The summed E-state index contributed by atoms with van der Waals surface area (Å²) in [7, 11) is 0. The summed E-state index contributed by atoms with van der Waals surface area (Å²) < 4.78 is 0. The normalized spacial score (nSPS) is 15.3. The van der Waals surface area contributed by atoms with Crippen molar-refractivity contribution in [3.63, 3.8) is 0 Å². The number of nitrogens with one attached hydrogen (secondary N) is 1. The van der Waals surface area contributed by atoms with Gasteiger partial charge in [0.05, 0.1) is 5.71 Å². The second kappa shape index (κ2) is 8.06. The second-order valence-electron chi connectivity index (χ2n) is 6.84. The van der Waals surface area contributed by atoms with Crippen LogP contribution < -0.4 is 5.32 Å². The Hall–Kier alpha value is -3.80. The number of anilines is 1. The molecule has 0 radical (unpaired) electrons. The molecule has 2 heterocycles. The van der Waals surface area contributed by atoms with E-state index in [1.54, 1.807) is 42.7 Å². The van der Waals surface area contributed by atoms with Gasteiger partial charge in [-0.25, -0.2) is 0 Å². The quantitative estimate of drug-likeness (QED) is 0.678. The molecule has 1 N–H and O–H groups in total. The Labute approximate surface area is 168 Å². The molecule has 1 unspecified atom stereocenters. The average molecular weight is 385 g/mol. The van der Waals surface area contributed by atoms with E-state index in [0.29, 0.717) is 28.9 Å². The number of aryl methyl sites for hydroxylation is 1. The molecule has 1 aromatic heterocycles. The number of hydrogen-bond donors (Lipinski definition) is 1. The number of carbonyl (C=O) groups excluding carboxylic acids is 2. The summed E-state index contributed by atoms with van der Waals surface area (Å²) in [5.41, 5.74) is 4.35. The van der Waals surface area contributed by atoms with E-state index < -0.39 is 6.10 Å². The predicted molar refractivity (Wildman–Crippen MR) is 110 cm³/mol. The summed E-state index contributed by atoms with van der Waals surface area (Å²) in [4.78, 5) is 34.4. The molecule has 6 nitrogen and oxygen atoms in total. The largest absolute Gasteiger partial charge is 0.382 e. The molecule has 0 bridgehead atoms. The van der Waals surface area contributed by atoms with Crippen LogP contribution in [0.2, 0.25) is 0 Å². The molecule has 6 heteroatoms. The van der Waals surface area contributed by atoms with Crippen LogP contribution in [0, 0.1) is 6.92 Å². The minimum atomic E-state index is -0.696. The maximum atomic E-state index is 12.6. The fourth-order valence-corrected chi connectivity index (χ4v) is 3.10. The summed E-state index contributed by atoms with van der Waals surface area (Å²) in [5, 5.41) is 6.81.